The van der Waals surface area contributed by atoms with E-state index in [2.05, 4.69) is 16.0 Å². The molecule has 1 aliphatic rings. The molecule has 7 nitrogen and oxygen atoms in total. The molecule has 1 fully saturated rings. The highest BCUT2D eigenvalue weighted by atomic mass is 35.5. The second-order valence-corrected chi connectivity index (χ2v) is 9.53. The Kier molecular flexibility index (Phi) is 9.66. The van der Waals surface area contributed by atoms with Crippen LogP contribution in [0.1, 0.15) is 18.4 Å². The number of nitrogens with zero attached hydrogens (tertiary/aromatic N) is 1. The van der Waals surface area contributed by atoms with Crippen molar-refractivity contribution in [3.8, 4) is 11.3 Å². The van der Waals surface area contributed by atoms with Crippen LogP contribution in [-0.4, -0.2) is 37.9 Å². The molecule has 4 rings (SSSR count). The minimum atomic E-state index is -4.05. The van der Waals surface area contributed by atoms with Crippen LogP contribution in [0.4, 0.5) is 10.1 Å². The Balaban J connectivity index is 0.00000204. The third-order valence-corrected chi connectivity index (χ3v) is 7.08. The molecule has 184 valence electrons. The summed E-state index contributed by atoms with van der Waals surface area (Å²) < 4.78 is 42.7. The number of nitrogens with one attached hydrogen (secondary N) is 3. The maximum Gasteiger partial charge on any atom is 0.268 e. The second-order valence-electron chi connectivity index (χ2n) is 7.71. The summed E-state index contributed by atoms with van der Waals surface area (Å²) in [4.78, 5) is 12.4. The van der Waals surface area contributed by atoms with Crippen LogP contribution < -0.4 is 16.0 Å². The van der Waals surface area contributed by atoms with E-state index in [1.165, 1.54) is 24.4 Å². The zero-order valence-electron chi connectivity index (χ0n) is 18.5. The third kappa shape index (κ3) is 5.79. The molecule has 2 heterocycles. The summed E-state index contributed by atoms with van der Waals surface area (Å²) in [6.45, 7) is 1.21. The van der Waals surface area contributed by atoms with Gasteiger partial charge in [0.25, 0.3) is 10.0 Å². The summed E-state index contributed by atoms with van der Waals surface area (Å²) in [6, 6.07) is 13.5. The molecular weight excluding hydrogens is 502 g/mol. The van der Waals surface area contributed by atoms with Gasteiger partial charge in [-0.3, -0.25) is 4.79 Å². The number of carbonyl (C=O) groups excluding carboxylic acids is 1. The zero-order chi connectivity index (χ0) is 22.7. The quantitative estimate of drug-likeness (QED) is 0.434. The monoisotopic (exact) mass is 528 g/mol. The fourth-order valence-corrected chi connectivity index (χ4v) is 5.29. The Morgan fingerprint density at radius 1 is 1.15 bits per heavy atom. The van der Waals surface area contributed by atoms with Gasteiger partial charge in [0, 0.05) is 24.0 Å². The van der Waals surface area contributed by atoms with Gasteiger partial charge in [0.05, 0.1) is 16.6 Å². The molecule has 1 amide bonds. The van der Waals surface area contributed by atoms with E-state index < -0.39 is 15.8 Å². The van der Waals surface area contributed by atoms with E-state index in [-0.39, 0.29) is 52.9 Å². The molecule has 3 aromatic rings. The lowest BCUT2D eigenvalue weighted by Crippen LogP contribution is -2.35. The minimum Gasteiger partial charge on any atom is -0.325 e. The number of anilines is 1. The number of carbonyl (C=O) groups is 1. The number of aromatic nitrogens is 1. The molecule has 0 saturated carbocycles. The van der Waals surface area contributed by atoms with E-state index in [1.54, 1.807) is 43.4 Å². The van der Waals surface area contributed by atoms with Crippen molar-refractivity contribution in [2.45, 2.75) is 30.3 Å². The minimum absolute atomic E-state index is 0. The highest BCUT2D eigenvalue weighted by Gasteiger charge is 2.25. The van der Waals surface area contributed by atoms with Gasteiger partial charge in [-0.15, -0.1) is 24.8 Å². The molecule has 0 aliphatic carbocycles. The zero-order valence-corrected chi connectivity index (χ0v) is 20.9. The van der Waals surface area contributed by atoms with Gasteiger partial charge in [-0.2, -0.15) is 0 Å². The van der Waals surface area contributed by atoms with E-state index in [1.807, 2.05) is 0 Å². The van der Waals surface area contributed by atoms with Crippen LogP contribution in [0, 0.1) is 5.82 Å². The normalized spacial score (nSPS) is 15.3. The van der Waals surface area contributed by atoms with Gasteiger partial charge < -0.3 is 16.0 Å². The summed E-state index contributed by atoms with van der Waals surface area (Å²) in [5, 5.41) is 8.88. The Hall–Kier alpha value is -2.43. The molecular formula is C23H27Cl2FN4O3S. The average molecular weight is 529 g/mol. The number of benzene rings is 2. The first-order valence-electron chi connectivity index (χ1n) is 10.4. The lowest BCUT2D eigenvalue weighted by atomic mass is 10.1. The molecule has 1 aliphatic heterocycles. The Bertz CT molecular complexity index is 1240. The summed E-state index contributed by atoms with van der Waals surface area (Å²) in [7, 11) is -2.30. The van der Waals surface area contributed by atoms with Crippen molar-refractivity contribution >= 4 is 46.4 Å². The fraction of sp³-hybridized carbons (Fsp3) is 0.261. The molecule has 11 heteroatoms. The first-order valence-corrected chi connectivity index (χ1v) is 11.8. The van der Waals surface area contributed by atoms with Crippen LogP contribution in [0.2, 0.25) is 0 Å². The van der Waals surface area contributed by atoms with E-state index in [4.69, 9.17) is 0 Å². The standard InChI is InChI=1S/C23H25FN4O3S.2ClH/c1-25-14-16-12-22(19-8-2-3-9-20(19)24)28(15-16)32(30,31)18-7-4-6-17(13-18)27-23(29)21-10-5-11-26-21;;/h2-4,6-9,12-13,15,21,25-26H,5,10-11,14H2,1H3,(H,27,29);2*1H. The van der Waals surface area contributed by atoms with Gasteiger partial charge in [0.2, 0.25) is 5.91 Å². The first-order chi connectivity index (χ1) is 15.4. The smallest absolute Gasteiger partial charge is 0.268 e. The Morgan fingerprint density at radius 2 is 1.91 bits per heavy atom. The molecule has 1 aromatic heterocycles. The molecule has 0 spiro atoms. The first kappa shape index (κ1) is 27.8. The summed E-state index contributed by atoms with van der Waals surface area (Å²) in [6.07, 6.45) is 3.16. The van der Waals surface area contributed by atoms with E-state index in [0.29, 0.717) is 17.8 Å². The number of rotatable bonds is 7. The van der Waals surface area contributed by atoms with Gasteiger partial charge in [-0.25, -0.2) is 16.8 Å². The Morgan fingerprint density at radius 3 is 2.59 bits per heavy atom. The van der Waals surface area contributed by atoms with Gasteiger partial charge >= 0.3 is 0 Å². The highest BCUT2D eigenvalue weighted by molar-refractivity contribution is 7.90. The number of hydrogen-bond donors (Lipinski definition) is 3. The van der Waals surface area contributed by atoms with E-state index in [0.717, 1.165) is 23.4 Å². The topological polar surface area (TPSA) is 92.2 Å². The van der Waals surface area contributed by atoms with Crippen molar-refractivity contribution < 1.29 is 17.6 Å². The van der Waals surface area contributed by atoms with Crippen molar-refractivity contribution in [2.24, 2.45) is 0 Å². The van der Waals surface area contributed by atoms with Gasteiger partial charge in [-0.05, 0) is 68.4 Å². The molecule has 0 radical (unpaired) electrons. The maximum absolute atomic E-state index is 14.5. The number of hydrogen-bond acceptors (Lipinski definition) is 5. The maximum atomic E-state index is 14.5. The molecule has 34 heavy (non-hydrogen) atoms. The Labute approximate surface area is 211 Å². The second kappa shape index (κ2) is 11.8. The molecule has 2 aromatic carbocycles. The lowest BCUT2D eigenvalue weighted by Gasteiger charge is -2.14. The van der Waals surface area contributed by atoms with Gasteiger partial charge in [0.1, 0.15) is 5.82 Å². The van der Waals surface area contributed by atoms with Crippen molar-refractivity contribution in [2.75, 3.05) is 18.9 Å². The highest BCUT2D eigenvalue weighted by Crippen LogP contribution is 2.30. The van der Waals surface area contributed by atoms with Crippen molar-refractivity contribution in [3.05, 3.63) is 72.2 Å². The van der Waals surface area contributed by atoms with E-state index >= 15 is 0 Å². The van der Waals surface area contributed by atoms with Crippen LogP contribution in [0.15, 0.2) is 65.7 Å². The van der Waals surface area contributed by atoms with Crippen LogP contribution >= 0.6 is 24.8 Å². The summed E-state index contributed by atoms with van der Waals surface area (Å²) >= 11 is 0. The van der Waals surface area contributed by atoms with Crippen molar-refractivity contribution in [1.29, 1.82) is 0 Å². The molecule has 0 bridgehead atoms. The van der Waals surface area contributed by atoms with Crippen LogP contribution in [0.25, 0.3) is 11.3 Å². The van der Waals surface area contributed by atoms with Gasteiger partial charge in [0.15, 0.2) is 0 Å². The summed E-state index contributed by atoms with van der Waals surface area (Å²) in [5.41, 5.74) is 1.51. The van der Waals surface area contributed by atoms with Crippen LogP contribution in [0.3, 0.4) is 0 Å². The van der Waals surface area contributed by atoms with Crippen LogP contribution in [-0.2, 0) is 21.4 Å². The van der Waals surface area contributed by atoms with Gasteiger partial charge in [-0.1, -0.05) is 18.2 Å². The average Bonchev–Trinajstić information content (AvgIpc) is 3.45. The fourth-order valence-electron chi connectivity index (χ4n) is 3.85. The predicted molar refractivity (Wildman–Crippen MR) is 136 cm³/mol. The summed E-state index contributed by atoms with van der Waals surface area (Å²) in [5.74, 6) is -0.704. The molecule has 1 atom stereocenters. The van der Waals surface area contributed by atoms with Crippen LogP contribution in [0.5, 0.6) is 0 Å². The predicted octanol–water partition coefficient (Wildman–Crippen LogP) is 3.78. The number of halogens is 3. The van der Waals surface area contributed by atoms with Crippen molar-refractivity contribution in [3.63, 3.8) is 0 Å². The molecule has 3 N–H and O–H groups in total. The largest absolute Gasteiger partial charge is 0.325 e. The third-order valence-electron chi connectivity index (χ3n) is 5.41. The SMILES string of the molecule is CNCc1cc(-c2ccccc2F)n(S(=O)(=O)c2cccc(NC(=O)C3CCCN3)c2)c1.Cl.Cl. The number of amides is 1. The lowest BCUT2D eigenvalue weighted by molar-refractivity contribution is -0.117. The molecule has 1 saturated heterocycles. The molecule has 1 unspecified atom stereocenters. The van der Waals surface area contributed by atoms with E-state index in [9.17, 15) is 17.6 Å². The van der Waals surface area contributed by atoms with Crippen molar-refractivity contribution in [1.82, 2.24) is 14.6 Å².